The summed E-state index contributed by atoms with van der Waals surface area (Å²) < 4.78 is 0. The fraction of sp³-hybridized carbons (Fsp3) is 0.962. The van der Waals surface area contributed by atoms with Crippen LogP contribution in [-0.4, -0.2) is 22.8 Å². The predicted molar refractivity (Wildman–Crippen MR) is 128 cm³/mol. The summed E-state index contributed by atoms with van der Waals surface area (Å²) in [7, 11) is 0. The Labute approximate surface area is 183 Å². The average molecular weight is 415 g/mol. The van der Waals surface area contributed by atoms with Crippen LogP contribution >= 0.6 is 0 Å². The summed E-state index contributed by atoms with van der Waals surface area (Å²) in [6.07, 6.45) is 27.8. The lowest BCUT2D eigenvalue weighted by Gasteiger charge is -2.02. The zero-order chi connectivity index (χ0) is 21.8. The summed E-state index contributed by atoms with van der Waals surface area (Å²) in [6, 6.07) is 0. The van der Waals surface area contributed by atoms with Gasteiger partial charge in [-0.2, -0.15) is 0 Å². The zero-order valence-corrected chi connectivity index (χ0v) is 20.1. The van der Waals surface area contributed by atoms with E-state index in [1.54, 1.807) is 0 Å². The number of aliphatic hydroxyl groups is 1. The van der Waals surface area contributed by atoms with Crippen LogP contribution in [0.5, 0.6) is 0 Å². The van der Waals surface area contributed by atoms with E-state index in [2.05, 4.69) is 13.8 Å². The number of aliphatic carboxylic acids is 1. The topological polar surface area (TPSA) is 57.5 Å². The molecule has 0 unspecified atom stereocenters. The Kier molecular flexibility index (Phi) is 31.3. The molecule has 0 aliphatic rings. The average Bonchev–Trinajstić information content (AvgIpc) is 2.71. The van der Waals surface area contributed by atoms with Crippen molar-refractivity contribution in [2.45, 2.75) is 155 Å². The molecule has 3 nitrogen and oxygen atoms in total. The quantitative estimate of drug-likeness (QED) is 0.174. The van der Waals surface area contributed by atoms with Crippen LogP contribution in [0.2, 0.25) is 0 Å². The van der Waals surface area contributed by atoms with E-state index in [0.29, 0.717) is 13.0 Å². The Morgan fingerprint density at radius 1 is 0.483 bits per heavy atom. The molecule has 0 aliphatic carbocycles. The molecular formula is C26H54O3. The second-order valence-electron chi connectivity index (χ2n) is 8.58. The van der Waals surface area contributed by atoms with Crippen molar-refractivity contribution >= 4 is 5.97 Å². The fourth-order valence-corrected chi connectivity index (χ4v) is 3.54. The highest BCUT2D eigenvalue weighted by molar-refractivity contribution is 5.66. The number of carboxylic acids is 1. The minimum absolute atomic E-state index is 0.341. The molecule has 0 radical (unpaired) electrons. The largest absolute Gasteiger partial charge is 0.481 e. The summed E-state index contributed by atoms with van der Waals surface area (Å²) in [5, 5.41) is 17.0. The number of aliphatic hydroxyl groups excluding tert-OH is 1. The Morgan fingerprint density at radius 3 is 1.03 bits per heavy atom. The molecule has 0 atom stereocenters. The van der Waals surface area contributed by atoms with Crippen molar-refractivity contribution in [2.75, 3.05) is 6.61 Å². The number of rotatable bonds is 22. The summed E-state index contributed by atoms with van der Waals surface area (Å²) in [5.41, 5.74) is 0. The first-order valence-corrected chi connectivity index (χ1v) is 13.0. The maximum absolute atomic E-state index is 10.1. The van der Waals surface area contributed by atoms with Crippen molar-refractivity contribution in [2.24, 2.45) is 0 Å². The van der Waals surface area contributed by atoms with E-state index in [1.165, 1.54) is 116 Å². The molecule has 0 aromatic carbocycles. The smallest absolute Gasteiger partial charge is 0.303 e. The molecule has 3 heteroatoms. The Bertz CT molecular complexity index is 278. The number of carbonyl (C=O) groups is 1. The van der Waals surface area contributed by atoms with Gasteiger partial charge in [-0.05, 0) is 12.8 Å². The molecule has 0 bridgehead atoms. The predicted octanol–water partition coefficient (Wildman–Crippen LogP) is 8.67. The summed E-state index contributed by atoms with van der Waals surface area (Å²) in [4.78, 5) is 10.1. The first-order valence-electron chi connectivity index (χ1n) is 13.0. The molecular weight excluding hydrogens is 360 g/mol. The highest BCUT2D eigenvalue weighted by atomic mass is 16.4. The Hall–Kier alpha value is -0.570. The van der Waals surface area contributed by atoms with Crippen LogP contribution in [0.25, 0.3) is 0 Å². The number of hydrogen-bond donors (Lipinski definition) is 2. The zero-order valence-electron chi connectivity index (χ0n) is 20.1. The van der Waals surface area contributed by atoms with Gasteiger partial charge in [0.05, 0.1) is 0 Å². The summed E-state index contributed by atoms with van der Waals surface area (Å²) in [5.74, 6) is -0.663. The molecule has 0 aromatic heterocycles. The van der Waals surface area contributed by atoms with E-state index < -0.39 is 5.97 Å². The molecule has 0 saturated carbocycles. The monoisotopic (exact) mass is 414 g/mol. The molecule has 0 rings (SSSR count). The maximum atomic E-state index is 10.1. The van der Waals surface area contributed by atoms with Gasteiger partial charge in [-0.15, -0.1) is 0 Å². The van der Waals surface area contributed by atoms with Crippen LogP contribution in [0.3, 0.4) is 0 Å². The molecule has 0 aromatic rings. The number of carboxylic acid groups (broad SMARTS) is 1. The standard InChI is InChI=1S/C16H34O.C10H20O2/c1-2-3-4-5-6-7-8-9-10-11-12-13-14-15-16-17;1-2-3-4-5-6-7-8-9-10(11)12/h17H,2-16H2,1H3;2-9H2,1H3,(H,11,12). The van der Waals surface area contributed by atoms with Gasteiger partial charge in [-0.1, -0.05) is 136 Å². The van der Waals surface area contributed by atoms with Crippen LogP contribution in [-0.2, 0) is 4.79 Å². The number of hydrogen-bond acceptors (Lipinski definition) is 2. The van der Waals surface area contributed by atoms with Gasteiger partial charge in [0.25, 0.3) is 0 Å². The van der Waals surface area contributed by atoms with E-state index in [0.717, 1.165) is 19.3 Å². The van der Waals surface area contributed by atoms with Crippen LogP contribution < -0.4 is 0 Å². The van der Waals surface area contributed by atoms with E-state index in [4.69, 9.17) is 10.2 Å². The van der Waals surface area contributed by atoms with Crippen LogP contribution in [0.1, 0.15) is 155 Å². The highest BCUT2D eigenvalue weighted by Gasteiger charge is 1.96. The molecule has 0 fully saturated rings. The first kappa shape index (κ1) is 30.6. The van der Waals surface area contributed by atoms with Gasteiger partial charge < -0.3 is 10.2 Å². The molecule has 0 aliphatic heterocycles. The Morgan fingerprint density at radius 2 is 0.759 bits per heavy atom. The highest BCUT2D eigenvalue weighted by Crippen LogP contribution is 2.12. The SMILES string of the molecule is CCCCCCCCCC(=O)O.CCCCCCCCCCCCCCCCO. The summed E-state index contributed by atoms with van der Waals surface area (Å²) >= 11 is 0. The van der Waals surface area contributed by atoms with Crippen molar-refractivity contribution in [3.63, 3.8) is 0 Å². The third-order valence-corrected chi connectivity index (χ3v) is 5.51. The molecule has 176 valence electrons. The molecule has 29 heavy (non-hydrogen) atoms. The van der Waals surface area contributed by atoms with E-state index >= 15 is 0 Å². The first-order chi connectivity index (χ1) is 14.2. The minimum atomic E-state index is -0.663. The van der Waals surface area contributed by atoms with Gasteiger partial charge in [0, 0.05) is 13.0 Å². The second-order valence-corrected chi connectivity index (χ2v) is 8.58. The maximum Gasteiger partial charge on any atom is 0.303 e. The summed E-state index contributed by atoms with van der Waals surface area (Å²) in [6.45, 7) is 4.85. The van der Waals surface area contributed by atoms with Crippen molar-refractivity contribution in [1.82, 2.24) is 0 Å². The normalized spacial score (nSPS) is 10.6. The Balaban J connectivity index is 0. The van der Waals surface area contributed by atoms with Crippen molar-refractivity contribution < 1.29 is 15.0 Å². The molecule has 2 N–H and O–H groups in total. The molecule has 0 spiro atoms. The minimum Gasteiger partial charge on any atom is -0.481 e. The van der Waals surface area contributed by atoms with Crippen molar-refractivity contribution in [3.05, 3.63) is 0 Å². The van der Waals surface area contributed by atoms with Crippen LogP contribution in [0, 0.1) is 0 Å². The van der Waals surface area contributed by atoms with E-state index in [1.807, 2.05) is 0 Å². The van der Waals surface area contributed by atoms with Gasteiger partial charge in [0.2, 0.25) is 0 Å². The molecule has 0 saturated heterocycles. The van der Waals surface area contributed by atoms with Crippen LogP contribution in [0.15, 0.2) is 0 Å². The van der Waals surface area contributed by atoms with E-state index in [9.17, 15) is 4.79 Å². The molecule has 0 heterocycles. The number of unbranched alkanes of at least 4 members (excludes halogenated alkanes) is 19. The lowest BCUT2D eigenvalue weighted by molar-refractivity contribution is -0.137. The lowest BCUT2D eigenvalue weighted by atomic mass is 10.0. The molecule has 0 amide bonds. The third kappa shape index (κ3) is 35.3. The fourth-order valence-electron chi connectivity index (χ4n) is 3.54. The van der Waals surface area contributed by atoms with Gasteiger partial charge in [-0.3, -0.25) is 4.79 Å². The lowest BCUT2D eigenvalue weighted by Crippen LogP contribution is -1.93. The third-order valence-electron chi connectivity index (χ3n) is 5.51. The van der Waals surface area contributed by atoms with Crippen molar-refractivity contribution in [3.8, 4) is 0 Å². The van der Waals surface area contributed by atoms with Gasteiger partial charge in [0.1, 0.15) is 0 Å². The second kappa shape index (κ2) is 29.6. The van der Waals surface area contributed by atoms with E-state index in [-0.39, 0.29) is 0 Å². The van der Waals surface area contributed by atoms with Crippen molar-refractivity contribution in [1.29, 1.82) is 0 Å². The van der Waals surface area contributed by atoms with Gasteiger partial charge >= 0.3 is 5.97 Å². The van der Waals surface area contributed by atoms with Gasteiger partial charge in [-0.25, -0.2) is 0 Å². The van der Waals surface area contributed by atoms with Crippen LogP contribution in [0.4, 0.5) is 0 Å². The van der Waals surface area contributed by atoms with Gasteiger partial charge in [0.15, 0.2) is 0 Å².